The number of aromatic hydroxyl groups is 1. The van der Waals surface area contributed by atoms with Gasteiger partial charge in [-0.3, -0.25) is 0 Å². The van der Waals surface area contributed by atoms with E-state index in [-0.39, 0.29) is 17.2 Å². The van der Waals surface area contributed by atoms with Crippen molar-refractivity contribution < 1.29 is 14.7 Å². The summed E-state index contributed by atoms with van der Waals surface area (Å²) in [7, 11) is 0. The molecule has 1 aromatic carbocycles. The Morgan fingerprint density at radius 2 is 2.04 bits per heavy atom. The predicted molar refractivity (Wildman–Crippen MR) is 92.7 cm³/mol. The van der Waals surface area contributed by atoms with Crippen molar-refractivity contribution in [1.29, 1.82) is 0 Å². The van der Waals surface area contributed by atoms with Gasteiger partial charge >= 0.3 is 0 Å². The van der Waals surface area contributed by atoms with Gasteiger partial charge in [0.1, 0.15) is 11.4 Å². The Morgan fingerprint density at radius 3 is 2.65 bits per heavy atom. The van der Waals surface area contributed by atoms with E-state index in [9.17, 15) is 10.3 Å². The number of oxime groups is 1. The Bertz CT molecular complexity index is 757. The summed E-state index contributed by atoms with van der Waals surface area (Å²) in [5.41, 5.74) is 0.250. The third-order valence-electron chi connectivity index (χ3n) is 2.77. The van der Waals surface area contributed by atoms with Crippen molar-refractivity contribution in [2.75, 3.05) is 0 Å². The fraction of sp³-hybridized carbons (Fsp3) is 0.250. The molecule has 0 atom stereocenters. The molecule has 0 fully saturated rings. The van der Waals surface area contributed by atoms with Crippen LogP contribution in [0, 0.1) is 5.21 Å². The third-order valence-corrected chi connectivity index (χ3v) is 3.97. The fourth-order valence-electron chi connectivity index (χ4n) is 1.75. The first-order chi connectivity index (χ1) is 10.7. The summed E-state index contributed by atoms with van der Waals surface area (Å²) in [5.74, 6) is -0.0988. The van der Waals surface area contributed by atoms with Gasteiger partial charge in [-0.1, -0.05) is 16.8 Å². The van der Waals surface area contributed by atoms with Crippen LogP contribution >= 0.6 is 27.5 Å². The van der Waals surface area contributed by atoms with Gasteiger partial charge in [0.25, 0.3) is 0 Å². The minimum absolute atomic E-state index is 0.0988. The van der Waals surface area contributed by atoms with Crippen LogP contribution in [-0.4, -0.2) is 16.4 Å². The lowest BCUT2D eigenvalue weighted by Crippen LogP contribution is -2.34. The first kappa shape index (κ1) is 17.6. The molecule has 23 heavy (non-hydrogen) atoms. The second-order valence-electron chi connectivity index (χ2n) is 5.84. The lowest BCUT2D eigenvalue weighted by Gasteiger charge is -2.17. The number of nitrogens with zero attached hydrogens (tertiary/aromatic N) is 2. The van der Waals surface area contributed by atoms with Gasteiger partial charge in [-0.2, -0.15) is 4.73 Å². The molecule has 0 amide bonds. The SMILES string of the molecule is CC(C)(C)O/N=C(/c1cc(Br)c(Cl)cc1O)c1cccc[n+]1[O-]. The summed E-state index contributed by atoms with van der Waals surface area (Å²) in [6.45, 7) is 5.51. The van der Waals surface area contributed by atoms with E-state index in [2.05, 4.69) is 21.1 Å². The zero-order valence-corrected chi connectivity index (χ0v) is 15.2. The minimum atomic E-state index is -0.549. The largest absolute Gasteiger partial charge is 0.618 e. The molecule has 2 aromatic rings. The first-order valence-corrected chi connectivity index (χ1v) is 7.99. The van der Waals surface area contributed by atoms with Crippen LogP contribution in [0.15, 0.2) is 46.2 Å². The molecule has 0 unspecified atom stereocenters. The number of rotatable bonds is 3. The molecule has 0 spiro atoms. The van der Waals surface area contributed by atoms with Gasteiger partial charge < -0.3 is 15.2 Å². The maximum atomic E-state index is 12.1. The van der Waals surface area contributed by atoms with Crippen LogP contribution in [0.5, 0.6) is 5.75 Å². The lowest BCUT2D eigenvalue weighted by atomic mass is 10.1. The highest BCUT2D eigenvalue weighted by atomic mass is 79.9. The number of aromatic nitrogens is 1. The molecule has 122 valence electrons. The average molecular weight is 400 g/mol. The summed E-state index contributed by atoms with van der Waals surface area (Å²) in [4.78, 5) is 5.46. The molecular formula is C16H16BrClN2O3. The summed E-state index contributed by atoms with van der Waals surface area (Å²) >= 11 is 9.28. The van der Waals surface area contributed by atoms with E-state index in [1.807, 2.05) is 20.8 Å². The number of hydrogen-bond donors (Lipinski definition) is 1. The summed E-state index contributed by atoms with van der Waals surface area (Å²) in [5, 5.41) is 26.7. The van der Waals surface area contributed by atoms with Gasteiger partial charge in [-0.05, 0) is 48.8 Å². The van der Waals surface area contributed by atoms with Crippen LogP contribution in [0.2, 0.25) is 5.02 Å². The van der Waals surface area contributed by atoms with Gasteiger partial charge in [0, 0.05) is 22.7 Å². The summed E-state index contributed by atoms with van der Waals surface area (Å²) < 4.78 is 1.23. The lowest BCUT2D eigenvalue weighted by molar-refractivity contribution is -0.606. The zero-order valence-electron chi connectivity index (χ0n) is 12.9. The van der Waals surface area contributed by atoms with Gasteiger partial charge in [0.05, 0.1) is 10.6 Å². The van der Waals surface area contributed by atoms with Crippen molar-refractivity contribution in [2.45, 2.75) is 26.4 Å². The van der Waals surface area contributed by atoms with Crippen molar-refractivity contribution in [3.8, 4) is 5.75 Å². The Balaban J connectivity index is 2.64. The van der Waals surface area contributed by atoms with Crippen molar-refractivity contribution >= 4 is 33.2 Å². The normalized spacial score (nSPS) is 12.3. The number of phenolic OH excluding ortho intramolecular Hbond substituents is 1. The quantitative estimate of drug-likeness (QED) is 0.367. The summed E-state index contributed by atoms with van der Waals surface area (Å²) in [6.07, 6.45) is 1.35. The minimum Gasteiger partial charge on any atom is -0.618 e. The molecule has 7 heteroatoms. The molecule has 0 aliphatic carbocycles. The van der Waals surface area contributed by atoms with Crippen LogP contribution in [0.4, 0.5) is 0 Å². The average Bonchev–Trinajstić information content (AvgIpc) is 2.45. The molecular weight excluding hydrogens is 384 g/mol. The van der Waals surface area contributed by atoms with Gasteiger partial charge in [-0.25, -0.2) is 0 Å². The van der Waals surface area contributed by atoms with Crippen molar-refractivity contribution in [1.82, 2.24) is 0 Å². The van der Waals surface area contributed by atoms with Crippen molar-refractivity contribution in [3.05, 3.63) is 62.5 Å². The van der Waals surface area contributed by atoms with Gasteiger partial charge in [0.2, 0.25) is 5.69 Å². The second kappa shape index (κ2) is 6.76. The highest BCUT2D eigenvalue weighted by Gasteiger charge is 2.23. The Labute approximate surface area is 147 Å². The maximum absolute atomic E-state index is 12.1. The molecule has 0 saturated carbocycles. The van der Waals surface area contributed by atoms with E-state index in [4.69, 9.17) is 16.4 Å². The molecule has 1 heterocycles. The fourth-order valence-corrected chi connectivity index (χ4v) is 2.26. The standard InChI is InChI=1S/C16H16BrClN2O3/c1-16(2,3)23-19-15(13-6-4-5-7-20(13)22)10-8-11(17)12(18)9-14(10)21/h4-9,21H,1-3H3/b19-15-. The van der Waals surface area contributed by atoms with Crippen LogP contribution in [-0.2, 0) is 4.84 Å². The molecule has 0 aliphatic rings. The van der Waals surface area contributed by atoms with E-state index in [1.165, 1.54) is 12.3 Å². The van der Waals surface area contributed by atoms with E-state index in [0.717, 1.165) is 0 Å². The third kappa shape index (κ3) is 4.36. The smallest absolute Gasteiger partial charge is 0.246 e. The molecule has 1 aromatic heterocycles. The van der Waals surface area contributed by atoms with Crippen LogP contribution in [0.3, 0.4) is 0 Å². The summed E-state index contributed by atoms with van der Waals surface area (Å²) in [6, 6.07) is 7.88. The van der Waals surface area contributed by atoms with Crippen molar-refractivity contribution in [2.24, 2.45) is 5.16 Å². The molecule has 0 saturated heterocycles. The van der Waals surface area contributed by atoms with Gasteiger partial charge in [-0.15, -0.1) is 0 Å². The number of halogens is 2. The molecule has 0 radical (unpaired) electrons. The molecule has 5 nitrogen and oxygen atoms in total. The highest BCUT2D eigenvalue weighted by molar-refractivity contribution is 9.10. The Morgan fingerprint density at radius 1 is 1.35 bits per heavy atom. The topological polar surface area (TPSA) is 68.8 Å². The van der Waals surface area contributed by atoms with Crippen LogP contribution in [0.1, 0.15) is 32.0 Å². The number of pyridine rings is 1. The van der Waals surface area contributed by atoms with E-state index >= 15 is 0 Å². The number of benzene rings is 1. The Kier molecular flexibility index (Phi) is 5.16. The highest BCUT2D eigenvalue weighted by Crippen LogP contribution is 2.31. The molecule has 1 N–H and O–H groups in total. The molecule has 0 bridgehead atoms. The monoisotopic (exact) mass is 398 g/mol. The molecule has 0 aliphatic heterocycles. The van der Waals surface area contributed by atoms with E-state index in [1.54, 1.807) is 24.3 Å². The van der Waals surface area contributed by atoms with E-state index in [0.29, 0.717) is 19.8 Å². The first-order valence-electron chi connectivity index (χ1n) is 6.82. The second-order valence-corrected chi connectivity index (χ2v) is 7.10. The van der Waals surface area contributed by atoms with Crippen LogP contribution < -0.4 is 4.73 Å². The number of phenols is 1. The molecule has 2 rings (SSSR count). The van der Waals surface area contributed by atoms with Crippen molar-refractivity contribution in [3.63, 3.8) is 0 Å². The zero-order chi connectivity index (χ0) is 17.2. The Hall–Kier alpha value is -1.79. The maximum Gasteiger partial charge on any atom is 0.246 e. The predicted octanol–water partition coefficient (Wildman–Crippen LogP) is 4.01. The number of hydrogen-bond acceptors (Lipinski definition) is 4. The van der Waals surface area contributed by atoms with E-state index < -0.39 is 5.60 Å². The van der Waals surface area contributed by atoms with Gasteiger partial charge in [0.15, 0.2) is 11.9 Å². The van der Waals surface area contributed by atoms with Crippen LogP contribution in [0.25, 0.3) is 0 Å².